The Balaban J connectivity index is 1.71. The average molecular weight is 397 g/mol. The van der Waals surface area contributed by atoms with Crippen LogP contribution in [0.3, 0.4) is 0 Å². The molecule has 1 N–H and O–H groups in total. The number of hydrogen-bond donors (Lipinski definition) is 1. The summed E-state index contributed by atoms with van der Waals surface area (Å²) in [6.45, 7) is 7.48. The third-order valence-corrected chi connectivity index (χ3v) is 4.90. The smallest absolute Gasteiger partial charge is 0.279 e. The largest absolute Gasteiger partial charge is 0.491 e. The molecule has 1 heterocycles. The molecule has 1 amide bonds. The molecule has 1 atom stereocenters. The lowest BCUT2D eigenvalue weighted by molar-refractivity contribution is -0.119. The first-order valence-corrected chi connectivity index (χ1v) is 10.00. The van der Waals surface area contributed by atoms with Crippen molar-refractivity contribution in [1.29, 1.82) is 0 Å². The molecular formula is C22H24N2O3S. The number of thiazole rings is 1. The van der Waals surface area contributed by atoms with E-state index in [1.807, 2.05) is 63.2 Å². The molecular weight excluding hydrogens is 372 g/mol. The number of hydrogen-bond acceptors (Lipinski definition) is 5. The molecule has 1 aromatic heterocycles. The van der Waals surface area contributed by atoms with Gasteiger partial charge in [-0.15, -0.1) is 0 Å². The van der Waals surface area contributed by atoms with Gasteiger partial charge < -0.3 is 14.8 Å². The first kappa shape index (κ1) is 19.9. The van der Waals surface area contributed by atoms with Gasteiger partial charge in [0.25, 0.3) is 5.19 Å². The number of ether oxygens (including phenoxy) is 2. The topological polar surface area (TPSA) is 60.5 Å². The molecule has 0 fully saturated rings. The Hall–Kier alpha value is -2.86. The Bertz CT molecular complexity index is 935. The Morgan fingerprint density at radius 1 is 1.07 bits per heavy atom. The van der Waals surface area contributed by atoms with Crippen LogP contribution >= 0.6 is 11.3 Å². The summed E-state index contributed by atoms with van der Waals surface area (Å²) < 4.78 is 11.5. The number of carbonyl (C=O) groups excluding carboxylic acids is 1. The number of aromatic nitrogens is 1. The molecule has 3 rings (SSSR count). The molecule has 0 spiro atoms. The summed E-state index contributed by atoms with van der Waals surface area (Å²) in [6.07, 6.45) is 1.94. The second-order valence-electron chi connectivity index (χ2n) is 6.78. The van der Waals surface area contributed by atoms with Gasteiger partial charge in [-0.3, -0.25) is 4.79 Å². The van der Waals surface area contributed by atoms with Gasteiger partial charge in [0.2, 0.25) is 5.91 Å². The van der Waals surface area contributed by atoms with Crippen LogP contribution in [0.25, 0.3) is 10.4 Å². The molecule has 2 aromatic carbocycles. The Kier molecular flexibility index (Phi) is 6.31. The van der Waals surface area contributed by atoms with E-state index >= 15 is 0 Å². The van der Waals surface area contributed by atoms with Gasteiger partial charge >= 0.3 is 0 Å². The quantitative estimate of drug-likeness (QED) is 0.566. The van der Waals surface area contributed by atoms with E-state index in [0.29, 0.717) is 10.9 Å². The van der Waals surface area contributed by atoms with E-state index in [2.05, 4.69) is 16.4 Å². The van der Waals surface area contributed by atoms with Crippen molar-refractivity contribution in [2.45, 2.75) is 39.8 Å². The van der Waals surface area contributed by atoms with E-state index in [-0.39, 0.29) is 18.1 Å². The van der Waals surface area contributed by atoms with Crippen molar-refractivity contribution in [3.05, 3.63) is 60.3 Å². The zero-order valence-corrected chi connectivity index (χ0v) is 17.2. The zero-order chi connectivity index (χ0) is 20.1. The molecule has 0 aliphatic rings. The number of rotatable bonds is 7. The molecule has 0 aliphatic carbocycles. The molecule has 0 radical (unpaired) electrons. The number of amides is 1. The van der Waals surface area contributed by atoms with Crippen LogP contribution in [-0.2, 0) is 4.79 Å². The summed E-state index contributed by atoms with van der Waals surface area (Å²) in [5, 5.41) is 3.48. The lowest BCUT2D eigenvalue weighted by atomic mass is 10.0. The van der Waals surface area contributed by atoms with Crippen molar-refractivity contribution in [3.8, 4) is 27.1 Å². The maximum Gasteiger partial charge on any atom is 0.279 e. The zero-order valence-electron chi connectivity index (χ0n) is 16.4. The molecule has 146 valence electrons. The first-order valence-electron chi connectivity index (χ1n) is 9.18. The van der Waals surface area contributed by atoms with Gasteiger partial charge in [0, 0.05) is 13.1 Å². The summed E-state index contributed by atoms with van der Waals surface area (Å²) >= 11 is 1.48. The molecule has 0 bridgehead atoms. The fraction of sp³-hybridized carbons (Fsp3) is 0.273. The normalized spacial score (nSPS) is 11.9. The van der Waals surface area contributed by atoms with Crippen LogP contribution in [-0.4, -0.2) is 17.0 Å². The van der Waals surface area contributed by atoms with Gasteiger partial charge in [-0.1, -0.05) is 29.5 Å². The molecule has 1 unspecified atom stereocenters. The van der Waals surface area contributed by atoms with Crippen LogP contribution in [0.1, 0.15) is 39.3 Å². The van der Waals surface area contributed by atoms with Crippen molar-refractivity contribution >= 4 is 17.2 Å². The van der Waals surface area contributed by atoms with E-state index < -0.39 is 0 Å². The van der Waals surface area contributed by atoms with Crippen molar-refractivity contribution in [2.75, 3.05) is 0 Å². The fourth-order valence-electron chi connectivity index (χ4n) is 2.75. The number of nitrogens with one attached hydrogen (secondary N) is 1. The molecule has 28 heavy (non-hydrogen) atoms. The lowest BCUT2D eigenvalue weighted by Crippen LogP contribution is -2.23. The van der Waals surface area contributed by atoms with Crippen LogP contribution in [0.5, 0.6) is 16.7 Å². The van der Waals surface area contributed by atoms with Crippen LogP contribution in [0, 0.1) is 0 Å². The van der Waals surface area contributed by atoms with Crippen LogP contribution in [0.2, 0.25) is 0 Å². The maximum atomic E-state index is 11.3. The molecule has 0 saturated heterocycles. The summed E-state index contributed by atoms with van der Waals surface area (Å²) in [7, 11) is 0. The van der Waals surface area contributed by atoms with E-state index in [1.54, 1.807) is 6.20 Å². The van der Waals surface area contributed by atoms with Crippen molar-refractivity contribution in [1.82, 2.24) is 10.3 Å². The van der Waals surface area contributed by atoms with Crippen LogP contribution in [0.15, 0.2) is 54.7 Å². The molecule has 0 saturated carbocycles. The Labute approximate surface area is 169 Å². The van der Waals surface area contributed by atoms with E-state index in [9.17, 15) is 4.79 Å². The predicted molar refractivity (Wildman–Crippen MR) is 112 cm³/mol. The highest BCUT2D eigenvalue weighted by molar-refractivity contribution is 7.16. The van der Waals surface area contributed by atoms with Gasteiger partial charge in [0.05, 0.1) is 17.0 Å². The number of nitrogens with zero attached hydrogens (tertiary/aromatic N) is 1. The SMILES string of the molecule is CC(=O)NC(C)c1cccc(-c2cnc(Oc3ccc(OC(C)C)cc3)s2)c1. The van der Waals surface area contributed by atoms with Crippen LogP contribution < -0.4 is 14.8 Å². The highest BCUT2D eigenvalue weighted by atomic mass is 32.1. The predicted octanol–water partition coefficient (Wildman–Crippen LogP) is 5.59. The van der Waals surface area contributed by atoms with Crippen LogP contribution in [0.4, 0.5) is 0 Å². The average Bonchev–Trinajstić information content (AvgIpc) is 3.11. The monoisotopic (exact) mass is 396 g/mol. The van der Waals surface area contributed by atoms with Crippen molar-refractivity contribution in [3.63, 3.8) is 0 Å². The van der Waals surface area contributed by atoms with Gasteiger partial charge in [-0.05, 0) is 62.2 Å². The van der Waals surface area contributed by atoms with Gasteiger partial charge in [0.1, 0.15) is 11.5 Å². The lowest BCUT2D eigenvalue weighted by Gasteiger charge is -2.13. The second kappa shape index (κ2) is 8.89. The summed E-state index contributed by atoms with van der Waals surface area (Å²) in [6, 6.07) is 15.5. The van der Waals surface area contributed by atoms with E-state index in [0.717, 1.165) is 21.8 Å². The minimum Gasteiger partial charge on any atom is -0.491 e. The summed E-state index contributed by atoms with van der Waals surface area (Å²) in [4.78, 5) is 16.7. The van der Waals surface area contributed by atoms with Crippen molar-refractivity contribution in [2.24, 2.45) is 0 Å². The molecule has 5 nitrogen and oxygen atoms in total. The minimum absolute atomic E-state index is 0.0452. The van der Waals surface area contributed by atoms with E-state index in [4.69, 9.17) is 9.47 Å². The summed E-state index contributed by atoms with van der Waals surface area (Å²) in [5.74, 6) is 1.48. The maximum absolute atomic E-state index is 11.3. The summed E-state index contributed by atoms with van der Waals surface area (Å²) in [5.41, 5.74) is 2.09. The van der Waals surface area contributed by atoms with Gasteiger partial charge in [-0.25, -0.2) is 4.98 Å². The van der Waals surface area contributed by atoms with Gasteiger partial charge in [-0.2, -0.15) is 0 Å². The minimum atomic E-state index is -0.0485. The number of benzene rings is 2. The highest BCUT2D eigenvalue weighted by Crippen LogP contribution is 2.34. The standard InChI is InChI=1S/C22H24N2O3S/c1-14(2)26-19-8-10-20(11-9-19)27-22-23-13-21(28-22)18-7-5-6-17(12-18)15(3)24-16(4)25/h5-15H,1-4H3,(H,24,25). The third-order valence-electron chi connectivity index (χ3n) is 3.98. The van der Waals surface area contributed by atoms with Crippen molar-refractivity contribution < 1.29 is 14.3 Å². The second-order valence-corrected chi connectivity index (χ2v) is 7.77. The Morgan fingerprint density at radius 3 is 2.46 bits per heavy atom. The molecule has 6 heteroatoms. The first-order chi connectivity index (χ1) is 13.4. The number of carbonyl (C=O) groups is 1. The van der Waals surface area contributed by atoms with E-state index in [1.165, 1.54) is 18.3 Å². The van der Waals surface area contributed by atoms with Gasteiger partial charge in [0.15, 0.2) is 0 Å². The molecule has 3 aromatic rings. The highest BCUT2D eigenvalue weighted by Gasteiger charge is 2.11. The molecule has 0 aliphatic heterocycles. The third kappa shape index (κ3) is 5.33. The fourth-order valence-corrected chi connectivity index (χ4v) is 3.53. The Morgan fingerprint density at radius 2 is 1.79 bits per heavy atom.